The molecule has 1 saturated carbocycles. The first-order chi connectivity index (χ1) is 9.21. The lowest BCUT2D eigenvalue weighted by atomic mass is 9.94. The molecule has 1 aliphatic rings. The Morgan fingerprint density at radius 2 is 1.80 bits per heavy atom. The zero-order chi connectivity index (χ0) is 15.1. The molecule has 0 aromatic heterocycles. The van der Waals surface area contributed by atoms with Crippen molar-refractivity contribution in [2.45, 2.75) is 54.0 Å². The van der Waals surface area contributed by atoms with Crippen LogP contribution in [-0.4, -0.2) is 12.6 Å². The molecule has 1 aliphatic carbocycles. The van der Waals surface area contributed by atoms with Gasteiger partial charge in [0.05, 0.1) is 0 Å². The van der Waals surface area contributed by atoms with Crippen molar-refractivity contribution in [2.75, 3.05) is 6.54 Å². The molecule has 1 N–H and O–H groups in total. The number of benzene rings is 1. The third kappa shape index (κ3) is 2.50. The fourth-order valence-electron chi connectivity index (χ4n) is 3.95. The van der Waals surface area contributed by atoms with Crippen LogP contribution >= 0.6 is 0 Å². The Morgan fingerprint density at radius 3 is 2.25 bits per heavy atom. The smallest absolute Gasteiger partial charge is 0.123 e. The van der Waals surface area contributed by atoms with Crippen molar-refractivity contribution < 1.29 is 4.39 Å². The van der Waals surface area contributed by atoms with Gasteiger partial charge in [-0.05, 0) is 59.9 Å². The van der Waals surface area contributed by atoms with Crippen LogP contribution in [0.2, 0.25) is 0 Å². The first-order valence-corrected chi connectivity index (χ1v) is 7.70. The number of nitrogens with one attached hydrogen (secondary N) is 1. The normalized spacial score (nSPS) is 21.8. The number of hydrogen-bond donors (Lipinski definition) is 1. The fourth-order valence-corrected chi connectivity index (χ4v) is 3.95. The van der Waals surface area contributed by atoms with Crippen molar-refractivity contribution >= 4 is 0 Å². The largest absolute Gasteiger partial charge is 0.314 e. The number of rotatable bonds is 5. The third-order valence-corrected chi connectivity index (χ3v) is 5.75. The number of hydrogen-bond acceptors (Lipinski definition) is 1. The van der Waals surface area contributed by atoms with Crippen LogP contribution in [0.5, 0.6) is 0 Å². The Hall–Kier alpha value is -0.890. The average molecular weight is 277 g/mol. The van der Waals surface area contributed by atoms with Gasteiger partial charge >= 0.3 is 0 Å². The van der Waals surface area contributed by atoms with E-state index in [1.165, 1.54) is 5.56 Å². The van der Waals surface area contributed by atoms with Gasteiger partial charge < -0.3 is 5.32 Å². The van der Waals surface area contributed by atoms with Crippen molar-refractivity contribution in [3.8, 4) is 0 Å². The minimum absolute atomic E-state index is 0.140. The van der Waals surface area contributed by atoms with E-state index < -0.39 is 0 Å². The summed E-state index contributed by atoms with van der Waals surface area (Å²) in [5, 5.41) is 3.65. The van der Waals surface area contributed by atoms with Gasteiger partial charge in [0.15, 0.2) is 0 Å². The van der Waals surface area contributed by atoms with Gasteiger partial charge in [0.1, 0.15) is 5.82 Å². The van der Waals surface area contributed by atoms with E-state index in [4.69, 9.17) is 0 Å². The molecular weight excluding hydrogens is 249 g/mol. The fraction of sp³-hybridized carbons (Fsp3) is 0.667. The molecule has 0 amide bonds. The summed E-state index contributed by atoms with van der Waals surface area (Å²) in [7, 11) is 0. The molecule has 20 heavy (non-hydrogen) atoms. The summed E-state index contributed by atoms with van der Waals surface area (Å²) in [6.07, 6.45) is 0.984. The van der Waals surface area contributed by atoms with Gasteiger partial charge in [-0.1, -0.05) is 40.7 Å². The highest BCUT2D eigenvalue weighted by molar-refractivity contribution is 5.29. The first kappa shape index (κ1) is 15.5. The summed E-state index contributed by atoms with van der Waals surface area (Å²) in [5.41, 5.74) is 3.06. The van der Waals surface area contributed by atoms with Crippen LogP contribution in [0.4, 0.5) is 4.39 Å². The van der Waals surface area contributed by atoms with Crippen LogP contribution in [0.3, 0.4) is 0 Å². The molecule has 0 radical (unpaired) electrons. The SMILES string of the molecule is CCNC(Cc1ccc(F)cc1C)C1C(C)(C)C1(C)C. The van der Waals surface area contributed by atoms with Gasteiger partial charge in [-0.3, -0.25) is 0 Å². The lowest BCUT2D eigenvalue weighted by Gasteiger charge is -2.21. The second-order valence-corrected chi connectivity index (χ2v) is 7.36. The van der Waals surface area contributed by atoms with Gasteiger partial charge in [0.25, 0.3) is 0 Å². The molecule has 0 aliphatic heterocycles. The van der Waals surface area contributed by atoms with Crippen LogP contribution in [0.1, 0.15) is 45.7 Å². The van der Waals surface area contributed by atoms with E-state index >= 15 is 0 Å². The number of halogens is 1. The molecule has 2 heteroatoms. The molecule has 0 saturated heterocycles. The van der Waals surface area contributed by atoms with Gasteiger partial charge in [-0.25, -0.2) is 4.39 Å². The molecule has 1 unspecified atom stereocenters. The Labute approximate surface area is 123 Å². The van der Waals surface area contributed by atoms with Gasteiger partial charge in [0, 0.05) is 6.04 Å². The maximum Gasteiger partial charge on any atom is 0.123 e. The zero-order valence-corrected chi connectivity index (χ0v) is 13.7. The summed E-state index contributed by atoms with van der Waals surface area (Å²) in [5.74, 6) is 0.526. The quantitative estimate of drug-likeness (QED) is 0.844. The van der Waals surface area contributed by atoms with Gasteiger partial charge in [-0.15, -0.1) is 0 Å². The summed E-state index contributed by atoms with van der Waals surface area (Å²) in [4.78, 5) is 0. The van der Waals surface area contributed by atoms with E-state index in [0.717, 1.165) is 18.5 Å². The van der Waals surface area contributed by atoms with Crippen LogP contribution in [-0.2, 0) is 6.42 Å². The lowest BCUT2D eigenvalue weighted by Crippen LogP contribution is -2.35. The van der Waals surface area contributed by atoms with Crippen LogP contribution in [0, 0.1) is 29.5 Å². The Balaban J connectivity index is 2.19. The second kappa shape index (κ2) is 5.14. The number of likely N-dealkylation sites (N-methyl/N-ethyl adjacent to an activating group) is 1. The topological polar surface area (TPSA) is 12.0 Å². The van der Waals surface area contributed by atoms with Crippen molar-refractivity contribution in [1.29, 1.82) is 0 Å². The van der Waals surface area contributed by atoms with Crippen LogP contribution in [0.15, 0.2) is 18.2 Å². The predicted molar refractivity (Wildman–Crippen MR) is 83.4 cm³/mol. The summed E-state index contributed by atoms with van der Waals surface area (Å²) >= 11 is 0. The highest BCUT2D eigenvalue weighted by Crippen LogP contribution is 2.69. The van der Waals surface area contributed by atoms with E-state index in [1.54, 1.807) is 12.1 Å². The first-order valence-electron chi connectivity index (χ1n) is 7.70. The van der Waals surface area contributed by atoms with E-state index in [0.29, 0.717) is 22.8 Å². The minimum atomic E-state index is -0.140. The van der Waals surface area contributed by atoms with Crippen molar-refractivity contribution in [3.05, 3.63) is 35.1 Å². The molecule has 1 aromatic rings. The maximum atomic E-state index is 13.2. The zero-order valence-electron chi connectivity index (χ0n) is 13.7. The summed E-state index contributed by atoms with van der Waals surface area (Å²) < 4.78 is 13.2. The molecule has 1 fully saturated rings. The van der Waals surface area contributed by atoms with Crippen molar-refractivity contribution in [2.24, 2.45) is 16.7 Å². The lowest BCUT2D eigenvalue weighted by molar-refractivity contribution is 0.402. The van der Waals surface area contributed by atoms with Crippen LogP contribution in [0.25, 0.3) is 0 Å². The summed E-state index contributed by atoms with van der Waals surface area (Å²) in [6.45, 7) is 14.6. The van der Waals surface area contributed by atoms with Gasteiger partial charge in [0.2, 0.25) is 0 Å². The standard InChI is InChI=1S/C18H28FN/c1-7-20-15(16-17(3,4)18(16,5)6)11-13-8-9-14(19)10-12(13)2/h8-10,15-16,20H,7,11H2,1-6H3. The Morgan fingerprint density at radius 1 is 1.20 bits per heavy atom. The van der Waals surface area contributed by atoms with Crippen LogP contribution < -0.4 is 5.32 Å². The third-order valence-electron chi connectivity index (χ3n) is 5.75. The van der Waals surface area contributed by atoms with E-state index in [2.05, 4.69) is 39.9 Å². The molecular formula is C18H28FN. The molecule has 1 aromatic carbocycles. The molecule has 1 atom stereocenters. The maximum absolute atomic E-state index is 13.2. The number of aryl methyl sites for hydroxylation is 1. The van der Waals surface area contributed by atoms with Crippen molar-refractivity contribution in [1.82, 2.24) is 5.32 Å². The van der Waals surface area contributed by atoms with Crippen molar-refractivity contribution in [3.63, 3.8) is 0 Å². The van der Waals surface area contributed by atoms with E-state index in [-0.39, 0.29) is 5.82 Å². The van der Waals surface area contributed by atoms with E-state index in [1.807, 2.05) is 13.0 Å². The van der Waals surface area contributed by atoms with Gasteiger partial charge in [-0.2, -0.15) is 0 Å². The molecule has 0 bridgehead atoms. The predicted octanol–water partition coefficient (Wildman–Crippen LogP) is 4.34. The highest BCUT2D eigenvalue weighted by atomic mass is 19.1. The Bertz CT molecular complexity index is 476. The molecule has 0 spiro atoms. The second-order valence-electron chi connectivity index (χ2n) is 7.36. The van der Waals surface area contributed by atoms with E-state index in [9.17, 15) is 4.39 Å². The summed E-state index contributed by atoms with van der Waals surface area (Å²) in [6, 6.07) is 5.63. The highest BCUT2D eigenvalue weighted by Gasteiger charge is 2.66. The Kier molecular flexibility index (Phi) is 3.98. The minimum Gasteiger partial charge on any atom is -0.314 e. The molecule has 112 valence electrons. The molecule has 0 heterocycles. The molecule has 1 nitrogen and oxygen atoms in total. The monoisotopic (exact) mass is 277 g/mol. The average Bonchev–Trinajstić information content (AvgIpc) is 2.72. The molecule has 2 rings (SSSR count).